The van der Waals surface area contributed by atoms with Gasteiger partial charge in [-0.1, -0.05) is 43.2 Å². The van der Waals surface area contributed by atoms with Crippen molar-refractivity contribution in [2.75, 3.05) is 39.3 Å². The van der Waals surface area contributed by atoms with E-state index in [1.807, 2.05) is 6.07 Å². The Morgan fingerprint density at radius 2 is 1.33 bits per heavy atom. The molecule has 1 aromatic carbocycles. The van der Waals surface area contributed by atoms with E-state index in [0.717, 1.165) is 38.8 Å². The van der Waals surface area contributed by atoms with E-state index in [0.29, 0.717) is 32.2 Å². The third-order valence-corrected chi connectivity index (χ3v) is 7.36. The topological polar surface area (TPSA) is 43.9 Å². The molecular weight excluding hydrogens is 322 g/mol. The van der Waals surface area contributed by atoms with Gasteiger partial charge >= 0.3 is 0 Å². The molecule has 0 amide bonds. The molecule has 134 valence electrons. The number of piperazine rings is 1. The minimum absolute atomic E-state index is 0.328. The minimum atomic E-state index is -3.28. The molecule has 0 saturated carbocycles. The Kier molecular flexibility index (Phi) is 5.92. The first-order valence-corrected chi connectivity index (χ1v) is 10.5. The fraction of sp³-hybridized carbons (Fsp3) is 0.667. The highest BCUT2D eigenvalue weighted by Gasteiger charge is 2.33. The average Bonchev–Trinajstić information content (AvgIpc) is 2.92. The van der Waals surface area contributed by atoms with Crippen LogP contribution in [0.4, 0.5) is 0 Å². The van der Waals surface area contributed by atoms with Crippen LogP contribution < -0.4 is 0 Å². The second-order valence-corrected chi connectivity index (χ2v) is 8.77. The lowest BCUT2D eigenvalue weighted by Crippen LogP contribution is -2.53. The van der Waals surface area contributed by atoms with Crippen LogP contribution in [-0.4, -0.2) is 61.2 Å². The quantitative estimate of drug-likeness (QED) is 0.837. The molecule has 1 unspecified atom stereocenters. The number of hydrogen-bond donors (Lipinski definition) is 0. The zero-order chi connectivity index (χ0) is 17.0. The predicted octanol–water partition coefficient (Wildman–Crippen LogP) is 2.49. The Morgan fingerprint density at radius 1 is 0.792 bits per heavy atom. The summed E-state index contributed by atoms with van der Waals surface area (Å²) in [6.07, 6.45) is 4.28. The lowest BCUT2D eigenvalue weighted by molar-refractivity contribution is 0.141. The molecule has 24 heavy (non-hydrogen) atoms. The maximum Gasteiger partial charge on any atom is 0.282 e. The van der Waals surface area contributed by atoms with Crippen LogP contribution >= 0.6 is 0 Å². The smallest absolute Gasteiger partial charge is 0.282 e. The number of hydrogen-bond acceptors (Lipinski definition) is 3. The van der Waals surface area contributed by atoms with E-state index in [4.69, 9.17) is 0 Å². The van der Waals surface area contributed by atoms with Crippen molar-refractivity contribution < 1.29 is 8.42 Å². The van der Waals surface area contributed by atoms with Crippen LogP contribution in [-0.2, 0) is 10.2 Å². The van der Waals surface area contributed by atoms with Crippen molar-refractivity contribution >= 4 is 10.2 Å². The molecule has 0 aromatic heterocycles. The van der Waals surface area contributed by atoms with Crippen LogP contribution in [0.5, 0.6) is 0 Å². The predicted molar refractivity (Wildman–Crippen MR) is 97.0 cm³/mol. The first-order chi connectivity index (χ1) is 11.6. The van der Waals surface area contributed by atoms with Crippen LogP contribution in [0.3, 0.4) is 0 Å². The van der Waals surface area contributed by atoms with Gasteiger partial charge in [0, 0.05) is 45.3 Å². The zero-order valence-corrected chi connectivity index (χ0v) is 15.4. The lowest BCUT2D eigenvalue weighted by atomic mass is 10.1. The number of rotatable bonds is 4. The van der Waals surface area contributed by atoms with Gasteiger partial charge in [-0.2, -0.15) is 17.0 Å². The third kappa shape index (κ3) is 3.99. The highest BCUT2D eigenvalue weighted by atomic mass is 32.2. The van der Waals surface area contributed by atoms with Crippen LogP contribution in [0.2, 0.25) is 0 Å². The highest BCUT2D eigenvalue weighted by molar-refractivity contribution is 7.86. The maximum absolute atomic E-state index is 12.9. The molecule has 1 atom stereocenters. The molecule has 2 aliphatic heterocycles. The Hall–Kier alpha value is -0.950. The van der Waals surface area contributed by atoms with Gasteiger partial charge in [0.15, 0.2) is 0 Å². The molecule has 0 spiro atoms. The second-order valence-electron chi connectivity index (χ2n) is 6.84. The molecule has 2 heterocycles. The van der Waals surface area contributed by atoms with Crippen LogP contribution in [0.1, 0.15) is 44.2 Å². The molecule has 2 saturated heterocycles. The molecule has 5 nitrogen and oxygen atoms in total. The standard InChI is InChI=1S/C18H29N3O2S/c1-17(18-9-5-4-6-10-18)19-13-15-21(16-14-19)24(22,23)20-11-7-2-3-8-12-20/h4-6,9-10,17H,2-3,7-8,11-16H2,1H3. The Balaban J connectivity index is 1.60. The lowest BCUT2D eigenvalue weighted by Gasteiger charge is -2.39. The normalized spacial score (nSPS) is 23.7. The summed E-state index contributed by atoms with van der Waals surface area (Å²) in [4.78, 5) is 2.38. The Bertz CT molecular complexity index is 604. The summed E-state index contributed by atoms with van der Waals surface area (Å²) in [5.41, 5.74) is 1.29. The first-order valence-electron chi connectivity index (χ1n) is 9.13. The van der Waals surface area contributed by atoms with Crippen LogP contribution in [0.15, 0.2) is 30.3 Å². The second kappa shape index (κ2) is 7.95. The molecule has 6 heteroatoms. The largest absolute Gasteiger partial charge is 0.294 e. The van der Waals surface area contributed by atoms with E-state index in [1.54, 1.807) is 8.61 Å². The fourth-order valence-corrected chi connectivity index (χ4v) is 5.37. The number of benzene rings is 1. The van der Waals surface area contributed by atoms with Gasteiger partial charge in [-0.15, -0.1) is 0 Å². The minimum Gasteiger partial charge on any atom is -0.294 e. The van der Waals surface area contributed by atoms with Crippen molar-refractivity contribution in [2.45, 2.75) is 38.6 Å². The molecule has 2 aliphatic rings. The van der Waals surface area contributed by atoms with Gasteiger partial charge < -0.3 is 0 Å². The molecule has 0 N–H and O–H groups in total. The van der Waals surface area contributed by atoms with Gasteiger partial charge in [0.25, 0.3) is 10.2 Å². The molecule has 0 bridgehead atoms. The van der Waals surface area contributed by atoms with Gasteiger partial charge in [0.2, 0.25) is 0 Å². The number of nitrogens with zero attached hydrogens (tertiary/aromatic N) is 3. The zero-order valence-electron chi connectivity index (χ0n) is 14.6. The summed E-state index contributed by atoms with van der Waals surface area (Å²) in [6, 6.07) is 10.8. The summed E-state index contributed by atoms with van der Waals surface area (Å²) in [5.74, 6) is 0. The van der Waals surface area contributed by atoms with E-state index in [9.17, 15) is 8.42 Å². The highest BCUT2D eigenvalue weighted by Crippen LogP contribution is 2.23. The molecule has 0 radical (unpaired) electrons. The average molecular weight is 352 g/mol. The SMILES string of the molecule is CC(c1ccccc1)N1CCN(S(=O)(=O)N2CCCCCC2)CC1. The van der Waals surface area contributed by atoms with E-state index in [-0.39, 0.29) is 0 Å². The van der Waals surface area contributed by atoms with E-state index < -0.39 is 10.2 Å². The van der Waals surface area contributed by atoms with Gasteiger partial charge in [-0.05, 0) is 25.3 Å². The van der Waals surface area contributed by atoms with Crippen molar-refractivity contribution in [2.24, 2.45) is 0 Å². The van der Waals surface area contributed by atoms with Crippen molar-refractivity contribution in [1.82, 2.24) is 13.5 Å². The van der Waals surface area contributed by atoms with Crippen LogP contribution in [0.25, 0.3) is 0 Å². The summed E-state index contributed by atoms with van der Waals surface area (Å²) >= 11 is 0. The van der Waals surface area contributed by atoms with E-state index >= 15 is 0 Å². The Labute approximate surface area is 146 Å². The van der Waals surface area contributed by atoms with E-state index in [2.05, 4.69) is 36.1 Å². The summed E-state index contributed by atoms with van der Waals surface area (Å²) in [5, 5.41) is 0. The fourth-order valence-electron chi connectivity index (χ4n) is 3.70. The molecular formula is C18H29N3O2S. The third-order valence-electron chi connectivity index (χ3n) is 5.32. The summed E-state index contributed by atoms with van der Waals surface area (Å²) in [6.45, 7) is 6.35. The molecule has 0 aliphatic carbocycles. The summed E-state index contributed by atoms with van der Waals surface area (Å²) in [7, 11) is -3.28. The van der Waals surface area contributed by atoms with Gasteiger partial charge in [0.1, 0.15) is 0 Å². The molecule has 1 aromatic rings. The monoisotopic (exact) mass is 351 g/mol. The summed E-state index contributed by atoms with van der Waals surface area (Å²) < 4.78 is 29.1. The van der Waals surface area contributed by atoms with Crippen molar-refractivity contribution in [3.63, 3.8) is 0 Å². The van der Waals surface area contributed by atoms with Crippen molar-refractivity contribution in [3.8, 4) is 0 Å². The van der Waals surface area contributed by atoms with Crippen molar-refractivity contribution in [1.29, 1.82) is 0 Å². The van der Waals surface area contributed by atoms with E-state index in [1.165, 1.54) is 5.56 Å². The van der Waals surface area contributed by atoms with Crippen LogP contribution in [0, 0.1) is 0 Å². The molecule has 3 rings (SSSR count). The van der Waals surface area contributed by atoms with Crippen molar-refractivity contribution in [3.05, 3.63) is 35.9 Å². The van der Waals surface area contributed by atoms with Gasteiger partial charge in [-0.3, -0.25) is 4.90 Å². The van der Waals surface area contributed by atoms with Gasteiger partial charge in [-0.25, -0.2) is 0 Å². The van der Waals surface area contributed by atoms with Gasteiger partial charge in [0.05, 0.1) is 0 Å². The molecule has 2 fully saturated rings. The maximum atomic E-state index is 12.9. The first kappa shape index (κ1) is 17.9. The Morgan fingerprint density at radius 3 is 1.92 bits per heavy atom.